The molecule has 1 rings (SSSR count). The molecule has 0 fully saturated rings. The van der Waals surface area contributed by atoms with Gasteiger partial charge in [-0.25, -0.2) is 8.42 Å². The molecule has 0 saturated heterocycles. The number of hydrogen-bond acceptors (Lipinski definition) is 4. The van der Waals surface area contributed by atoms with Gasteiger partial charge in [0.1, 0.15) is 5.75 Å². The van der Waals surface area contributed by atoms with Crippen molar-refractivity contribution in [3.8, 4) is 5.75 Å². The van der Waals surface area contributed by atoms with Crippen molar-refractivity contribution in [2.45, 2.75) is 6.42 Å². The van der Waals surface area contributed by atoms with E-state index in [4.69, 9.17) is 4.74 Å². The third-order valence-corrected chi connectivity index (χ3v) is 2.69. The van der Waals surface area contributed by atoms with Gasteiger partial charge in [0.2, 0.25) is 0 Å². The number of benzene rings is 1. The van der Waals surface area contributed by atoms with Gasteiger partial charge in [-0.1, -0.05) is 24.8 Å². The van der Waals surface area contributed by atoms with E-state index in [9.17, 15) is 13.0 Å². The molecule has 0 atom stereocenters. The molecule has 0 aliphatic rings. The van der Waals surface area contributed by atoms with E-state index in [1.165, 1.54) is 0 Å². The fourth-order valence-electron chi connectivity index (χ4n) is 1.16. The third-order valence-electron chi connectivity index (χ3n) is 1.90. The van der Waals surface area contributed by atoms with Crippen molar-refractivity contribution in [2.24, 2.45) is 0 Å². The Morgan fingerprint density at radius 3 is 2.71 bits per heavy atom. The minimum Gasteiger partial charge on any atom is -0.748 e. The molecule has 0 bridgehead atoms. The topological polar surface area (TPSA) is 66.4 Å². The summed E-state index contributed by atoms with van der Waals surface area (Å²) >= 11 is 0. The first-order valence-corrected chi connectivity index (χ1v) is 6.38. The molecule has 0 N–H and O–H groups in total. The predicted molar refractivity (Wildman–Crippen MR) is 61.2 cm³/mol. The molecule has 88 valence electrons. The first-order chi connectivity index (χ1) is 7.51. The summed E-state index contributed by atoms with van der Waals surface area (Å²) in [5, 5.41) is 0. The monoisotopic (exact) mass is 248 g/mol. The van der Waals surface area contributed by atoms with Crippen molar-refractivity contribution in [1.82, 2.24) is 0 Å². The summed E-state index contributed by atoms with van der Waals surface area (Å²) in [7, 11) is -4.14. The average molecular weight is 248 g/mol. The molecule has 1 aromatic rings. The summed E-state index contributed by atoms with van der Waals surface area (Å²) in [6.45, 7) is 3.83. The van der Waals surface area contributed by atoms with Gasteiger partial charge in [-0.2, -0.15) is 0 Å². The van der Waals surface area contributed by atoms with E-state index < -0.39 is 15.9 Å². The van der Waals surface area contributed by atoms with Crippen molar-refractivity contribution in [3.63, 3.8) is 0 Å². The maximum Gasteiger partial charge on any atom is 1.00 e. The van der Waals surface area contributed by atoms with Crippen LogP contribution in [0.25, 0.3) is 6.08 Å². The molecule has 0 unspecified atom stereocenters. The van der Waals surface area contributed by atoms with Gasteiger partial charge in [-0.15, -0.1) is 0 Å². The Morgan fingerprint density at radius 2 is 2.12 bits per heavy atom. The van der Waals surface area contributed by atoms with E-state index in [1.807, 2.05) is 12.1 Å². The van der Waals surface area contributed by atoms with Crippen LogP contribution in [0, 0.1) is 0 Å². The molecule has 0 heterocycles. The Bertz CT molecular complexity index is 456. The Hall–Kier alpha value is -0.733. The van der Waals surface area contributed by atoms with Gasteiger partial charge in [-0.05, 0) is 24.1 Å². The maximum absolute atomic E-state index is 10.3. The molecule has 0 aromatic heterocycles. The molecule has 4 nitrogen and oxygen atoms in total. The van der Waals surface area contributed by atoms with Gasteiger partial charge in [-0.3, -0.25) is 0 Å². The van der Waals surface area contributed by atoms with Crippen LogP contribution in [0.1, 0.15) is 12.0 Å². The van der Waals surface area contributed by atoms with Crippen LogP contribution < -0.4 is 23.6 Å². The average Bonchev–Trinajstić information content (AvgIpc) is 2.23. The van der Waals surface area contributed by atoms with Gasteiger partial charge in [0.25, 0.3) is 0 Å². The summed E-state index contributed by atoms with van der Waals surface area (Å²) in [6.07, 6.45) is 1.89. The summed E-state index contributed by atoms with van der Waals surface area (Å²) in [6, 6.07) is 7.25. The minimum atomic E-state index is -4.14. The molecular weight excluding hydrogens is 235 g/mol. The molecule has 6 heteroatoms. The van der Waals surface area contributed by atoms with Crippen molar-refractivity contribution >= 4 is 16.2 Å². The summed E-state index contributed by atoms with van der Waals surface area (Å²) in [5.41, 5.74) is 0.925. The van der Waals surface area contributed by atoms with Crippen LogP contribution in [0.5, 0.6) is 5.75 Å². The molecule has 0 spiro atoms. The van der Waals surface area contributed by atoms with Gasteiger partial charge in [0.05, 0.1) is 16.7 Å². The molecule has 0 aliphatic heterocycles. The van der Waals surface area contributed by atoms with Gasteiger partial charge in [0.15, 0.2) is 0 Å². The van der Waals surface area contributed by atoms with Crippen LogP contribution >= 0.6 is 0 Å². The Balaban J connectivity index is 0.00000256. The Morgan fingerprint density at radius 1 is 1.41 bits per heavy atom. The van der Waals surface area contributed by atoms with Crippen molar-refractivity contribution < 1.29 is 36.6 Å². The minimum absolute atomic E-state index is 0. The first kappa shape index (κ1) is 16.3. The largest absolute Gasteiger partial charge is 1.00 e. The number of ether oxygens (including phenoxy) is 1. The van der Waals surface area contributed by atoms with Crippen molar-refractivity contribution in [1.29, 1.82) is 0 Å². The van der Waals surface area contributed by atoms with Gasteiger partial charge in [0, 0.05) is 5.75 Å². The van der Waals surface area contributed by atoms with Crippen LogP contribution in [0.4, 0.5) is 0 Å². The molecule has 0 aliphatic carbocycles. The first-order valence-electron chi connectivity index (χ1n) is 4.80. The maximum atomic E-state index is 10.3. The van der Waals surface area contributed by atoms with E-state index >= 15 is 0 Å². The van der Waals surface area contributed by atoms with Gasteiger partial charge < -0.3 is 9.29 Å². The Labute approximate surface area is 114 Å². The second-order valence-corrected chi connectivity index (χ2v) is 4.76. The van der Waals surface area contributed by atoms with Crippen LogP contribution in [0.2, 0.25) is 0 Å². The molecular formula is C11H13LiO4S. The number of rotatable bonds is 6. The normalized spacial score (nSPS) is 10.4. The van der Waals surface area contributed by atoms with Crippen molar-refractivity contribution in [2.75, 3.05) is 12.4 Å². The second-order valence-electron chi connectivity index (χ2n) is 3.24. The SMILES string of the molecule is C=Cc1cccc(OCCCS(=O)(=O)[O-])c1.[Li+]. The summed E-state index contributed by atoms with van der Waals surface area (Å²) in [5.74, 6) is 0.245. The van der Waals surface area contributed by atoms with Crippen LogP contribution in [0.15, 0.2) is 30.8 Å². The number of hydrogen-bond donors (Lipinski definition) is 0. The summed E-state index contributed by atoms with van der Waals surface area (Å²) in [4.78, 5) is 0. The fraction of sp³-hybridized carbons (Fsp3) is 0.273. The van der Waals surface area contributed by atoms with Gasteiger partial charge >= 0.3 is 18.9 Å². The smallest absolute Gasteiger partial charge is 0.748 e. The molecule has 17 heavy (non-hydrogen) atoms. The second kappa shape index (κ2) is 7.57. The van der Waals surface area contributed by atoms with Crippen LogP contribution in [-0.4, -0.2) is 25.3 Å². The standard InChI is InChI=1S/C11H14O4S.Li/c1-2-10-5-3-6-11(9-10)15-7-4-8-16(12,13)14;/h2-3,5-6,9H,1,4,7-8H2,(H,12,13,14);/q;+1/p-1. The van der Waals surface area contributed by atoms with E-state index in [1.54, 1.807) is 18.2 Å². The zero-order valence-electron chi connectivity index (χ0n) is 9.76. The fourth-order valence-corrected chi connectivity index (χ4v) is 1.63. The Kier molecular flexibility index (Phi) is 7.24. The molecule has 0 radical (unpaired) electrons. The zero-order chi connectivity index (χ0) is 12.0. The zero-order valence-corrected chi connectivity index (χ0v) is 10.6. The third kappa shape index (κ3) is 7.24. The van der Waals surface area contributed by atoms with E-state index in [2.05, 4.69) is 6.58 Å². The molecule has 0 saturated carbocycles. The van der Waals surface area contributed by atoms with Crippen molar-refractivity contribution in [3.05, 3.63) is 36.4 Å². The predicted octanol–water partition coefficient (Wildman–Crippen LogP) is -1.35. The molecule has 1 aromatic carbocycles. The van der Waals surface area contributed by atoms with Crippen LogP contribution in [-0.2, 0) is 10.1 Å². The molecule has 0 amide bonds. The van der Waals surface area contributed by atoms with E-state index in [0.717, 1.165) is 5.56 Å². The van der Waals surface area contributed by atoms with E-state index in [0.29, 0.717) is 5.75 Å². The quantitative estimate of drug-likeness (QED) is 0.354. The van der Waals surface area contributed by atoms with E-state index in [-0.39, 0.29) is 31.9 Å². The summed E-state index contributed by atoms with van der Waals surface area (Å²) < 4.78 is 36.2. The van der Waals surface area contributed by atoms with Crippen LogP contribution in [0.3, 0.4) is 0 Å².